The molecule has 0 bridgehead atoms. The van der Waals surface area contributed by atoms with Gasteiger partial charge >= 0.3 is 10.1 Å². The fraction of sp³-hybridized carbons (Fsp3) is 0.0667. The van der Waals surface area contributed by atoms with E-state index >= 15 is 0 Å². The Labute approximate surface area is 126 Å². The summed E-state index contributed by atoms with van der Waals surface area (Å²) in [4.78, 5) is 23.3. The van der Waals surface area contributed by atoms with Gasteiger partial charge in [-0.1, -0.05) is 23.8 Å². The Balaban J connectivity index is 2.03. The summed E-state index contributed by atoms with van der Waals surface area (Å²) in [6.07, 6.45) is 0. The molecule has 6 nitrogen and oxygen atoms in total. The van der Waals surface area contributed by atoms with Crippen molar-refractivity contribution in [3.05, 3.63) is 59.2 Å². The smallest absolute Gasteiger partial charge is 0.339 e. The number of imide groups is 1. The average molecular weight is 317 g/mol. The number of fused-ring (bicyclic) bond motifs is 1. The quantitative estimate of drug-likeness (QED) is 0.686. The molecule has 1 N–H and O–H groups in total. The highest BCUT2D eigenvalue weighted by atomic mass is 32.2. The molecule has 0 aliphatic carbocycles. The Morgan fingerprint density at radius 2 is 1.64 bits per heavy atom. The average Bonchev–Trinajstić information content (AvgIpc) is 2.75. The molecule has 2 aromatic rings. The monoisotopic (exact) mass is 317 g/mol. The normalized spacial score (nSPS) is 13.7. The lowest BCUT2D eigenvalue weighted by Crippen LogP contribution is -2.20. The van der Waals surface area contributed by atoms with Gasteiger partial charge in [0.05, 0.1) is 11.1 Å². The minimum atomic E-state index is -4.08. The molecule has 112 valence electrons. The largest absolute Gasteiger partial charge is 0.378 e. The van der Waals surface area contributed by atoms with Crippen LogP contribution in [-0.2, 0) is 10.1 Å². The van der Waals surface area contributed by atoms with Gasteiger partial charge in [0.2, 0.25) is 0 Å². The van der Waals surface area contributed by atoms with Crippen LogP contribution in [0.2, 0.25) is 0 Å². The zero-order valence-corrected chi connectivity index (χ0v) is 12.3. The van der Waals surface area contributed by atoms with E-state index in [9.17, 15) is 18.0 Å². The summed E-state index contributed by atoms with van der Waals surface area (Å²) in [5, 5.41) is 2.10. The van der Waals surface area contributed by atoms with Crippen LogP contribution in [0, 0.1) is 6.92 Å². The maximum Gasteiger partial charge on any atom is 0.339 e. The van der Waals surface area contributed by atoms with Crippen molar-refractivity contribution in [3.8, 4) is 5.75 Å². The van der Waals surface area contributed by atoms with Gasteiger partial charge in [0.15, 0.2) is 5.75 Å². The van der Waals surface area contributed by atoms with Crippen LogP contribution in [-0.4, -0.2) is 20.2 Å². The molecule has 3 rings (SSSR count). The Kier molecular flexibility index (Phi) is 3.22. The number of nitrogens with one attached hydrogen (secondary N) is 1. The molecule has 1 aliphatic heterocycles. The molecule has 0 atom stereocenters. The lowest BCUT2D eigenvalue weighted by Gasteiger charge is -2.09. The molecule has 1 aliphatic rings. The van der Waals surface area contributed by atoms with E-state index in [2.05, 4.69) is 5.32 Å². The fourth-order valence-electron chi connectivity index (χ4n) is 2.13. The molecule has 0 saturated carbocycles. The highest BCUT2D eigenvalue weighted by Crippen LogP contribution is 2.28. The number of hydrogen-bond donors (Lipinski definition) is 1. The maximum atomic E-state index is 12.3. The molecular formula is C15H11NO5S. The molecule has 0 unspecified atom stereocenters. The highest BCUT2D eigenvalue weighted by molar-refractivity contribution is 7.87. The second kappa shape index (κ2) is 4.96. The van der Waals surface area contributed by atoms with Gasteiger partial charge in [-0.05, 0) is 31.2 Å². The van der Waals surface area contributed by atoms with E-state index in [0.29, 0.717) is 0 Å². The first-order valence-corrected chi connectivity index (χ1v) is 7.79. The predicted molar refractivity (Wildman–Crippen MR) is 77.2 cm³/mol. The molecule has 0 fully saturated rings. The predicted octanol–water partition coefficient (Wildman–Crippen LogP) is 1.65. The van der Waals surface area contributed by atoms with Crippen LogP contribution in [0.15, 0.2) is 47.4 Å². The first-order valence-electron chi connectivity index (χ1n) is 6.38. The summed E-state index contributed by atoms with van der Waals surface area (Å²) >= 11 is 0. The topological polar surface area (TPSA) is 89.5 Å². The van der Waals surface area contributed by atoms with E-state index in [1.807, 2.05) is 6.92 Å². The zero-order valence-electron chi connectivity index (χ0n) is 11.5. The summed E-state index contributed by atoms with van der Waals surface area (Å²) in [5.74, 6) is -1.41. The van der Waals surface area contributed by atoms with E-state index in [-0.39, 0.29) is 21.8 Å². The van der Waals surface area contributed by atoms with Crippen LogP contribution in [0.1, 0.15) is 26.3 Å². The summed E-state index contributed by atoms with van der Waals surface area (Å²) in [5.41, 5.74) is 0.939. The molecule has 0 radical (unpaired) electrons. The van der Waals surface area contributed by atoms with Crippen molar-refractivity contribution in [2.24, 2.45) is 0 Å². The van der Waals surface area contributed by atoms with Gasteiger partial charge in [0, 0.05) is 0 Å². The number of carbonyl (C=O) groups excluding carboxylic acids is 2. The lowest BCUT2D eigenvalue weighted by molar-refractivity contribution is 0.0879. The molecular weight excluding hydrogens is 306 g/mol. The van der Waals surface area contributed by atoms with Crippen molar-refractivity contribution in [1.29, 1.82) is 0 Å². The van der Waals surface area contributed by atoms with Gasteiger partial charge in [0.1, 0.15) is 4.90 Å². The van der Waals surface area contributed by atoms with Crippen LogP contribution < -0.4 is 9.50 Å². The van der Waals surface area contributed by atoms with Gasteiger partial charge in [-0.2, -0.15) is 8.42 Å². The van der Waals surface area contributed by atoms with Crippen molar-refractivity contribution in [2.45, 2.75) is 11.8 Å². The second-order valence-corrected chi connectivity index (χ2v) is 6.36. The Morgan fingerprint density at radius 3 is 2.32 bits per heavy atom. The number of amides is 2. The highest BCUT2D eigenvalue weighted by Gasteiger charge is 2.32. The molecule has 2 amide bonds. The third kappa shape index (κ3) is 2.35. The molecule has 0 aromatic heterocycles. The van der Waals surface area contributed by atoms with Gasteiger partial charge in [-0.3, -0.25) is 14.9 Å². The first kappa shape index (κ1) is 14.3. The number of rotatable bonds is 3. The molecule has 0 spiro atoms. The number of carbonyl (C=O) groups is 2. The van der Waals surface area contributed by atoms with E-state index in [4.69, 9.17) is 4.18 Å². The number of benzene rings is 2. The van der Waals surface area contributed by atoms with E-state index in [1.54, 1.807) is 12.1 Å². The van der Waals surface area contributed by atoms with Gasteiger partial charge in [-0.25, -0.2) is 0 Å². The summed E-state index contributed by atoms with van der Waals surface area (Å²) in [6, 6.07) is 10.3. The van der Waals surface area contributed by atoms with E-state index in [1.165, 1.54) is 30.3 Å². The van der Waals surface area contributed by atoms with Crippen LogP contribution >= 0.6 is 0 Å². The summed E-state index contributed by atoms with van der Waals surface area (Å²) < 4.78 is 29.6. The second-order valence-electron chi connectivity index (χ2n) is 4.81. The van der Waals surface area contributed by atoms with Crippen molar-refractivity contribution in [3.63, 3.8) is 0 Å². The summed E-state index contributed by atoms with van der Waals surface area (Å²) in [6.45, 7) is 1.83. The summed E-state index contributed by atoms with van der Waals surface area (Å²) in [7, 11) is -4.08. The zero-order chi connectivity index (χ0) is 15.9. The molecule has 7 heteroatoms. The molecule has 0 saturated heterocycles. The SMILES string of the molecule is Cc1ccc(S(=O)(=O)Oc2cccc3c2C(=O)NC3=O)cc1. The number of hydrogen-bond acceptors (Lipinski definition) is 5. The van der Waals surface area contributed by atoms with Crippen LogP contribution in [0.5, 0.6) is 5.75 Å². The van der Waals surface area contributed by atoms with Gasteiger partial charge < -0.3 is 4.18 Å². The van der Waals surface area contributed by atoms with Gasteiger partial charge in [-0.15, -0.1) is 0 Å². The number of aryl methyl sites for hydroxylation is 1. The van der Waals surface area contributed by atoms with Crippen LogP contribution in [0.3, 0.4) is 0 Å². The third-order valence-electron chi connectivity index (χ3n) is 3.23. The Morgan fingerprint density at radius 1 is 0.955 bits per heavy atom. The van der Waals surface area contributed by atoms with Crippen molar-refractivity contribution >= 4 is 21.9 Å². The van der Waals surface area contributed by atoms with Gasteiger partial charge in [0.25, 0.3) is 11.8 Å². The maximum absolute atomic E-state index is 12.3. The third-order valence-corrected chi connectivity index (χ3v) is 4.48. The molecule has 22 heavy (non-hydrogen) atoms. The van der Waals surface area contributed by atoms with Crippen molar-refractivity contribution in [2.75, 3.05) is 0 Å². The Hall–Kier alpha value is -2.67. The standard InChI is InChI=1S/C15H11NO5S/c1-9-5-7-10(8-6-9)22(19,20)21-12-4-2-3-11-13(12)15(18)16-14(11)17/h2-8H,1H3,(H,16,17,18). The van der Waals surface area contributed by atoms with Crippen molar-refractivity contribution in [1.82, 2.24) is 5.32 Å². The van der Waals surface area contributed by atoms with Crippen molar-refractivity contribution < 1.29 is 22.2 Å². The van der Waals surface area contributed by atoms with Crippen LogP contribution in [0.4, 0.5) is 0 Å². The Bertz CT molecular complexity index is 885. The fourth-order valence-corrected chi connectivity index (χ4v) is 3.07. The lowest BCUT2D eigenvalue weighted by atomic mass is 10.1. The van der Waals surface area contributed by atoms with E-state index in [0.717, 1.165) is 5.56 Å². The van der Waals surface area contributed by atoms with E-state index < -0.39 is 21.9 Å². The van der Waals surface area contributed by atoms with Crippen LogP contribution in [0.25, 0.3) is 0 Å². The molecule has 2 aromatic carbocycles. The minimum absolute atomic E-state index is 0.0274. The minimum Gasteiger partial charge on any atom is -0.378 e. The molecule has 1 heterocycles. The first-order chi connectivity index (χ1) is 10.4.